The molecule has 0 saturated heterocycles. The van der Waals surface area contributed by atoms with E-state index in [4.69, 9.17) is 17.3 Å². The van der Waals surface area contributed by atoms with E-state index in [9.17, 15) is 13.2 Å². The maximum absolute atomic E-state index is 13.1. The summed E-state index contributed by atoms with van der Waals surface area (Å²) < 4.78 is 39.3. The lowest BCUT2D eigenvalue weighted by Crippen LogP contribution is -2.30. The highest BCUT2D eigenvalue weighted by molar-refractivity contribution is 6.30. The van der Waals surface area contributed by atoms with Crippen molar-refractivity contribution < 1.29 is 13.2 Å². The highest BCUT2D eigenvalue weighted by Gasteiger charge is 2.33. The molecule has 25 heavy (non-hydrogen) atoms. The maximum atomic E-state index is 13.1. The first kappa shape index (κ1) is 21.3. The third-order valence-corrected chi connectivity index (χ3v) is 3.36. The summed E-state index contributed by atoms with van der Waals surface area (Å²) in [6.07, 6.45) is -3.03. The summed E-state index contributed by atoms with van der Waals surface area (Å²) in [5, 5.41) is 6.24. The molecule has 5 nitrogen and oxygen atoms in total. The number of rotatable bonds is 7. The van der Waals surface area contributed by atoms with Gasteiger partial charge >= 0.3 is 6.18 Å². The van der Waals surface area contributed by atoms with Gasteiger partial charge < -0.3 is 21.3 Å². The second-order valence-corrected chi connectivity index (χ2v) is 5.89. The average molecular weight is 378 g/mol. The number of nitrogens with zero attached hydrogens (tertiary/aromatic N) is 2. The van der Waals surface area contributed by atoms with Crippen LogP contribution in [0, 0.1) is 0 Å². The molecule has 0 aliphatic rings. The average Bonchev–Trinajstić information content (AvgIpc) is 2.53. The fraction of sp³-hybridized carbons (Fsp3) is 0.438. The summed E-state index contributed by atoms with van der Waals surface area (Å²) in [5.74, 6) is 0.269. The van der Waals surface area contributed by atoms with Crippen molar-refractivity contribution in [3.63, 3.8) is 0 Å². The Morgan fingerprint density at radius 1 is 1.28 bits per heavy atom. The number of benzene rings is 1. The first-order valence-electron chi connectivity index (χ1n) is 7.68. The Morgan fingerprint density at radius 3 is 2.44 bits per heavy atom. The molecule has 1 rings (SSSR count). The number of anilines is 1. The third kappa shape index (κ3) is 8.24. The molecule has 0 radical (unpaired) electrons. The molecule has 0 fully saturated rings. The molecule has 0 heterocycles. The van der Waals surface area contributed by atoms with E-state index in [1.54, 1.807) is 43.3 Å². The molecule has 0 aliphatic carbocycles. The molecular weight excluding hydrogens is 355 g/mol. The van der Waals surface area contributed by atoms with E-state index in [2.05, 4.69) is 15.6 Å². The number of hydrogen-bond donors (Lipinski definition) is 3. The molecule has 4 N–H and O–H groups in total. The minimum Gasteiger partial charge on any atom is -0.349 e. The lowest BCUT2D eigenvalue weighted by atomic mass is 10.2. The van der Waals surface area contributed by atoms with E-state index in [0.29, 0.717) is 30.2 Å². The molecule has 0 aliphatic heterocycles. The second-order valence-electron chi connectivity index (χ2n) is 5.45. The van der Waals surface area contributed by atoms with Crippen LogP contribution in [-0.4, -0.2) is 50.8 Å². The van der Waals surface area contributed by atoms with Crippen LogP contribution in [0.5, 0.6) is 0 Å². The molecule has 0 amide bonds. The molecule has 0 atom stereocenters. The maximum Gasteiger partial charge on any atom is 0.415 e. The lowest BCUT2D eigenvalue weighted by molar-refractivity contribution is -0.0930. The van der Waals surface area contributed by atoms with Crippen molar-refractivity contribution in [1.29, 1.82) is 0 Å². The molecule has 1 aromatic rings. The van der Waals surface area contributed by atoms with Crippen molar-refractivity contribution in [3.8, 4) is 0 Å². The van der Waals surface area contributed by atoms with Crippen LogP contribution in [-0.2, 0) is 0 Å². The molecule has 0 aromatic heterocycles. The molecule has 1 aromatic carbocycles. The first-order chi connectivity index (χ1) is 11.7. The van der Waals surface area contributed by atoms with E-state index in [-0.39, 0.29) is 12.5 Å². The van der Waals surface area contributed by atoms with Gasteiger partial charge in [0.25, 0.3) is 0 Å². The van der Waals surface area contributed by atoms with Crippen molar-refractivity contribution in [2.45, 2.75) is 12.6 Å². The van der Waals surface area contributed by atoms with E-state index in [0.717, 1.165) is 6.20 Å². The lowest BCUT2D eigenvalue weighted by Gasteiger charge is -2.17. The molecule has 9 heteroatoms. The Morgan fingerprint density at radius 2 is 1.92 bits per heavy atom. The Balaban J connectivity index is 2.91. The van der Waals surface area contributed by atoms with Crippen molar-refractivity contribution in [1.82, 2.24) is 10.2 Å². The van der Waals surface area contributed by atoms with Crippen LogP contribution in [0.25, 0.3) is 0 Å². The fourth-order valence-corrected chi connectivity index (χ4v) is 1.86. The van der Waals surface area contributed by atoms with Gasteiger partial charge in [0.05, 0.1) is 5.57 Å². The number of hydrogen-bond acceptors (Lipinski definition) is 3. The summed E-state index contributed by atoms with van der Waals surface area (Å²) in [6.45, 7) is 0.512. The molecular formula is C16H23ClF3N5. The monoisotopic (exact) mass is 377 g/mol. The van der Waals surface area contributed by atoms with Gasteiger partial charge in [-0.2, -0.15) is 13.2 Å². The van der Waals surface area contributed by atoms with Crippen molar-refractivity contribution >= 4 is 23.2 Å². The van der Waals surface area contributed by atoms with Gasteiger partial charge in [0.1, 0.15) is 0 Å². The zero-order chi connectivity index (χ0) is 18.9. The minimum absolute atomic E-state index is 0.269. The van der Waals surface area contributed by atoms with Gasteiger partial charge in [0.15, 0.2) is 0 Å². The molecule has 0 spiro atoms. The first-order valence-corrected chi connectivity index (χ1v) is 8.06. The van der Waals surface area contributed by atoms with Crippen molar-refractivity contribution in [2.75, 3.05) is 39.0 Å². The quantitative estimate of drug-likeness (QED) is 0.388. The van der Waals surface area contributed by atoms with Crippen LogP contribution >= 0.6 is 11.6 Å². The number of nitrogens with two attached hydrogens (primary N) is 1. The van der Waals surface area contributed by atoms with Crippen LogP contribution in [0.2, 0.25) is 5.02 Å². The predicted molar refractivity (Wildman–Crippen MR) is 96.9 cm³/mol. The SMILES string of the molecule is CN(C)/C(=N\C=C(/CNCCCN)C(F)(F)F)Nc1ccc(Cl)cc1. The van der Waals surface area contributed by atoms with Crippen molar-refractivity contribution in [3.05, 3.63) is 41.1 Å². The predicted octanol–water partition coefficient (Wildman–Crippen LogP) is 3.05. The van der Waals surface area contributed by atoms with Gasteiger partial charge in [-0.3, -0.25) is 0 Å². The van der Waals surface area contributed by atoms with Crippen LogP contribution in [0.1, 0.15) is 6.42 Å². The molecule has 0 saturated carbocycles. The van der Waals surface area contributed by atoms with Gasteiger partial charge in [0, 0.05) is 37.6 Å². The standard InChI is InChI=1S/C16H23ClF3N5/c1-25(2)15(24-14-6-4-13(17)5-7-14)23-11-12(16(18,19)20)10-22-9-3-8-21/h4-7,11,22H,3,8-10,21H2,1-2H3,(H,23,24)/b12-11+. The van der Waals surface area contributed by atoms with Gasteiger partial charge in [-0.25, -0.2) is 4.99 Å². The van der Waals surface area contributed by atoms with E-state index in [1.807, 2.05) is 0 Å². The van der Waals surface area contributed by atoms with Crippen LogP contribution in [0.3, 0.4) is 0 Å². The number of guanidine groups is 1. The van der Waals surface area contributed by atoms with Gasteiger partial charge in [-0.05, 0) is 43.8 Å². The number of nitrogens with one attached hydrogen (secondary N) is 2. The summed E-state index contributed by atoms with van der Waals surface area (Å²) >= 11 is 5.82. The van der Waals surface area contributed by atoms with Crippen LogP contribution in [0.15, 0.2) is 41.0 Å². The van der Waals surface area contributed by atoms with Crippen LogP contribution in [0.4, 0.5) is 18.9 Å². The zero-order valence-corrected chi connectivity index (χ0v) is 15.0. The highest BCUT2D eigenvalue weighted by Crippen LogP contribution is 2.25. The number of halogens is 4. The summed E-state index contributed by atoms with van der Waals surface area (Å²) in [7, 11) is 3.37. The normalized spacial score (nSPS) is 13.1. The summed E-state index contributed by atoms with van der Waals surface area (Å²) in [4.78, 5) is 5.54. The fourth-order valence-electron chi connectivity index (χ4n) is 1.73. The Bertz CT molecular complexity index is 582. The van der Waals surface area contributed by atoms with Gasteiger partial charge in [-0.15, -0.1) is 0 Å². The van der Waals surface area contributed by atoms with Gasteiger partial charge in [0.2, 0.25) is 5.96 Å². The topological polar surface area (TPSA) is 65.7 Å². The van der Waals surface area contributed by atoms with Gasteiger partial charge in [-0.1, -0.05) is 11.6 Å². The molecule has 0 bridgehead atoms. The third-order valence-electron chi connectivity index (χ3n) is 3.10. The summed E-state index contributed by atoms with van der Waals surface area (Å²) in [5.41, 5.74) is 5.23. The Kier molecular flexibility index (Phi) is 8.74. The molecule has 140 valence electrons. The smallest absolute Gasteiger partial charge is 0.349 e. The molecule has 0 unspecified atom stereocenters. The number of aliphatic imine (C=N–C) groups is 1. The van der Waals surface area contributed by atoms with Crippen LogP contribution < -0.4 is 16.4 Å². The number of alkyl halides is 3. The summed E-state index contributed by atoms with van der Waals surface area (Å²) in [6, 6.07) is 6.78. The second kappa shape index (κ2) is 10.3. The van der Waals surface area contributed by atoms with Crippen molar-refractivity contribution in [2.24, 2.45) is 10.7 Å². The van der Waals surface area contributed by atoms with E-state index >= 15 is 0 Å². The van der Waals surface area contributed by atoms with E-state index < -0.39 is 11.7 Å². The largest absolute Gasteiger partial charge is 0.415 e. The Labute approximate surface area is 150 Å². The Hall–Kier alpha value is -1.77. The minimum atomic E-state index is -4.46. The highest BCUT2D eigenvalue weighted by atomic mass is 35.5. The zero-order valence-electron chi connectivity index (χ0n) is 14.2. The van der Waals surface area contributed by atoms with E-state index in [1.165, 1.54) is 0 Å².